The van der Waals surface area contributed by atoms with Crippen molar-refractivity contribution in [2.75, 3.05) is 39.7 Å². The molecule has 2 rings (SSSR count). The first kappa shape index (κ1) is 14.3. The first-order valence-corrected chi connectivity index (χ1v) is 6.89. The number of likely N-dealkylation sites (N-methyl/N-ethyl adjacent to an activating group) is 1. The third-order valence-corrected chi connectivity index (χ3v) is 3.97. The summed E-state index contributed by atoms with van der Waals surface area (Å²) >= 11 is 6.09. The van der Waals surface area contributed by atoms with Crippen molar-refractivity contribution >= 4 is 17.3 Å². The maximum absolute atomic E-state index is 6.09. The number of halogens is 1. The Labute approximate surface area is 119 Å². The lowest BCUT2D eigenvalue weighted by atomic mass is 10.2. The molecule has 0 amide bonds. The Morgan fingerprint density at radius 1 is 1.32 bits per heavy atom. The van der Waals surface area contributed by atoms with E-state index in [1.54, 1.807) is 20.3 Å². The van der Waals surface area contributed by atoms with Crippen molar-refractivity contribution in [3.8, 4) is 11.5 Å². The average Bonchev–Trinajstić information content (AvgIpc) is 2.82. The molecular weight excluding hydrogens is 264 g/mol. The standard InChI is InChI=1S/C14H21ClN2O2/c1-17-6-4-5-10(17)9-16-12-8-13(18-2)11(15)7-14(12)19-3/h7-8,10,16H,4-6,9H2,1-3H3. The van der Waals surface area contributed by atoms with Crippen molar-refractivity contribution in [1.82, 2.24) is 4.90 Å². The van der Waals surface area contributed by atoms with Crippen LogP contribution in [0.3, 0.4) is 0 Å². The van der Waals surface area contributed by atoms with Crippen molar-refractivity contribution in [2.45, 2.75) is 18.9 Å². The highest BCUT2D eigenvalue weighted by Crippen LogP contribution is 2.36. The van der Waals surface area contributed by atoms with Crippen LogP contribution in [0.25, 0.3) is 0 Å². The summed E-state index contributed by atoms with van der Waals surface area (Å²) in [6.07, 6.45) is 2.50. The van der Waals surface area contributed by atoms with Gasteiger partial charge >= 0.3 is 0 Å². The number of rotatable bonds is 5. The summed E-state index contributed by atoms with van der Waals surface area (Å²) in [5, 5.41) is 3.99. The summed E-state index contributed by atoms with van der Waals surface area (Å²) in [5.74, 6) is 1.40. The van der Waals surface area contributed by atoms with Gasteiger partial charge in [0, 0.05) is 24.7 Å². The molecule has 1 unspecified atom stereocenters. The summed E-state index contributed by atoms with van der Waals surface area (Å²) < 4.78 is 10.6. The maximum atomic E-state index is 6.09. The maximum Gasteiger partial charge on any atom is 0.143 e. The van der Waals surface area contributed by atoms with Crippen LogP contribution in [0.15, 0.2) is 12.1 Å². The lowest BCUT2D eigenvalue weighted by Gasteiger charge is -2.21. The predicted molar refractivity (Wildman–Crippen MR) is 78.7 cm³/mol. The Balaban J connectivity index is 2.09. The highest BCUT2D eigenvalue weighted by Gasteiger charge is 2.21. The molecule has 0 aromatic heterocycles. The first-order valence-electron chi connectivity index (χ1n) is 6.51. The number of anilines is 1. The van der Waals surface area contributed by atoms with E-state index in [9.17, 15) is 0 Å². The zero-order chi connectivity index (χ0) is 13.8. The molecule has 0 saturated carbocycles. The molecule has 0 radical (unpaired) electrons. The first-order chi connectivity index (χ1) is 9.15. The van der Waals surface area contributed by atoms with Crippen molar-refractivity contribution in [1.29, 1.82) is 0 Å². The van der Waals surface area contributed by atoms with Gasteiger partial charge in [0.15, 0.2) is 0 Å². The molecule has 1 aliphatic heterocycles. The van der Waals surface area contributed by atoms with E-state index in [0.29, 0.717) is 16.8 Å². The molecule has 0 aliphatic carbocycles. The Morgan fingerprint density at radius 3 is 2.63 bits per heavy atom. The van der Waals surface area contributed by atoms with Gasteiger partial charge in [-0.25, -0.2) is 0 Å². The van der Waals surface area contributed by atoms with Crippen LogP contribution in [0.1, 0.15) is 12.8 Å². The van der Waals surface area contributed by atoms with Crippen LogP contribution in [0, 0.1) is 0 Å². The van der Waals surface area contributed by atoms with Crippen LogP contribution >= 0.6 is 11.6 Å². The molecule has 106 valence electrons. The van der Waals surface area contributed by atoms with Gasteiger partial charge in [0.1, 0.15) is 11.5 Å². The van der Waals surface area contributed by atoms with Crippen molar-refractivity contribution in [3.05, 3.63) is 17.2 Å². The van der Waals surface area contributed by atoms with Crippen molar-refractivity contribution in [2.24, 2.45) is 0 Å². The fourth-order valence-corrected chi connectivity index (χ4v) is 2.69. The van der Waals surface area contributed by atoms with Crippen molar-refractivity contribution < 1.29 is 9.47 Å². The van der Waals surface area contributed by atoms with Crippen molar-refractivity contribution in [3.63, 3.8) is 0 Å². The van der Waals surface area contributed by atoms with E-state index in [4.69, 9.17) is 21.1 Å². The monoisotopic (exact) mass is 284 g/mol. The number of nitrogens with one attached hydrogen (secondary N) is 1. The van der Waals surface area contributed by atoms with Crippen LogP contribution in [0.5, 0.6) is 11.5 Å². The Kier molecular flexibility index (Phi) is 4.77. The molecule has 1 aromatic rings. The fraction of sp³-hybridized carbons (Fsp3) is 0.571. The third kappa shape index (κ3) is 3.25. The molecule has 5 heteroatoms. The van der Waals surface area contributed by atoms with Gasteiger partial charge in [-0.3, -0.25) is 0 Å². The van der Waals surface area contributed by atoms with Gasteiger partial charge < -0.3 is 19.7 Å². The summed E-state index contributed by atoms with van der Waals surface area (Å²) in [6, 6.07) is 4.24. The molecule has 1 aromatic carbocycles. The number of hydrogen-bond acceptors (Lipinski definition) is 4. The lowest BCUT2D eigenvalue weighted by molar-refractivity contribution is 0.322. The van der Waals surface area contributed by atoms with Crippen LogP contribution in [0.4, 0.5) is 5.69 Å². The Bertz CT molecular complexity index is 440. The smallest absolute Gasteiger partial charge is 0.143 e. The molecule has 1 heterocycles. The van der Waals surface area contributed by atoms with Crippen LogP contribution in [-0.2, 0) is 0 Å². The molecular formula is C14H21ClN2O2. The van der Waals surface area contributed by atoms with E-state index in [2.05, 4.69) is 17.3 Å². The van der Waals surface area contributed by atoms with Crippen LogP contribution in [0.2, 0.25) is 5.02 Å². The molecule has 1 aliphatic rings. The Hall–Kier alpha value is -1.13. The molecule has 1 atom stereocenters. The van der Waals surface area contributed by atoms with Gasteiger partial charge in [-0.05, 0) is 26.4 Å². The molecule has 1 fully saturated rings. The quantitative estimate of drug-likeness (QED) is 0.901. The second-order valence-corrected chi connectivity index (χ2v) is 5.25. The van der Waals surface area contributed by atoms with E-state index in [1.807, 2.05) is 6.07 Å². The lowest BCUT2D eigenvalue weighted by Crippen LogP contribution is -2.31. The minimum Gasteiger partial charge on any atom is -0.495 e. The summed E-state index contributed by atoms with van der Waals surface area (Å²) in [5.41, 5.74) is 0.920. The average molecular weight is 285 g/mol. The minimum absolute atomic E-state index is 0.558. The minimum atomic E-state index is 0.558. The number of benzene rings is 1. The van der Waals surface area contributed by atoms with Gasteiger partial charge in [0.25, 0.3) is 0 Å². The number of ether oxygens (including phenoxy) is 2. The number of likely N-dealkylation sites (tertiary alicyclic amines) is 1. The third-order valence-electron chi connectivity index (χ3n) is 3.67. The number of hydrogen-bond donors (Lipinski definition) is 1. The highest BCUT2D eigenvalue weighted by atomic mass is 35.5. The normalized spacial score (nSPS) is 19.5. The summed E-state index contributed by atoms with van der Waals surface area (Å²) in [6.45, 7) is 2.07. The second-order valence-electron chi connectivity index (χ2n) is 4.84. The van der Waals surface area contributed by atoms with E-state index in [-0.39, 0.29) is 0 Å². The Morgan fingerprint density at radius 2 is 2.05 bits per heavy atom. The van der Waals surface area contributed by atoms with Gasteiger partial charge in [0.05, 0.1) is 24.9 Å². The van der Waals surface area contributed by atoms with Crippen LogP contribution < -0.4 is 14.8 Å². The zero-order valence-corrected chi connectivity index (χ0v) is 12.5. The van der Waals surface area contributed by atoms with E-state index < -0.39 is 0 Å². The zero-order valence-electron chi connectivity index (χ0n) is 11.7. The van der Waals surface area contributed by atoms with Gasteiger partial charge in [0.2, 0.25) is 0 Å². The van der Waals surface area contributed by atoms with E-state index in [1.165, 1.54) is 19.4 Å². The SMILES string of the molecule is COc1cc(NCC2CCCN2C)c(OC)cc1Cl. The topological polar surface area (TPSA) is 33.7 Å². The van der Waals surface area contributed by atoms with E-state index >= 15 is 0 Å². The number of nitrogens with zero attached hydrogens (tertiary/aromatic N) is 1. The van der Waals surface area contributed by atoms with E-state index in [0.717, 1.165) is 18.0 Å². The fourth-order valence-electron chi connectivity index (χ4n) is 2.46. The second kappa shape index (κ2) is 6.35. The molecule has 1 saturated heterocycles. The number of methoxy groups -OCH3 is 2. The highest BCUT2D eigenvalue weighted by molar-refractivity contribution is 6.32. The van der Waals surface area contributed by atoms with Crippen LogP contribution in [-0.4, -0.2) is 45.3 Å². The van der Waals surface area contributed by atoms with Gasteiger partial charge in [-0.2, -0.15) is 0 Å². The summed E-state index contributed by atoms with van der Waals surface area (Å²) in [4.78, 5) is 2.38. The molecule has 1 N–H and O–H groups in total. The summed E-state index contributed by atoms with van der Waals surface area (Å²) in [7, 11) is 5.42. The largest absolute Gasteiger partial charge is 0.495 e. The van der Waals surface area contributed by atoms with Gasteiger partial charge in [-0.15, -0.1) is 0 Å². The molecule has 19 heavy (non-hydrogen) atoms. The molecule has 0 bridgehead atoms. The van der Waals surface area contributed by atoms with Gasteiger partial charge in [-0.1, -0.05) is 11.6 Å². The predicted octanol–water partition coefficient (Wildman–Crippen LogP) is 2.86. The molecule has 4 nitrogen and oxygen atoms in total. The molecule has 0 spiro atoms.